The SMILES string of the molecule is OC(c1ccccn1)C1CCN(Cc2noc(C3CCCC3)n2)CC1. The molecule has 0 amide bonds. The molecule has 1 aliphatic carbocycles. The van der Waals surface area contributed by atoms with E-state index in [0.717, 1.165) is 49.9 Å². The molecule has 1 aliphatic heterocycles. The average Bonchev–Trinajstić information content (AvgIpc) is 3.34. The van der Waals surface area contributed by atoms with Gasteiger partial charge in [-0.15, -0.1) is 0 Å². The maximum atomic E-state index is 10.5. The number of piperidine rings is 1. The van der Waals surface area contributed by atoms with Gasteiger partial charge in [-0.05, 0) is 56.8 Å². The predicted octanol–water partition coefficient (Wildman–Crippen LogP) is 3.07. The van der Waals surface area contributed by atoms with E-state index in [1.54, 1.807) is 6.20 Å². The minimum Gasteiger partial charge on any atom is -0.387 e. The van der Waals surface area contributed by atoms with Crippen LogP contribution in [0.15, 0.2) is 28.9 Å². The van der Waals surface area contributed by atoms with E-state index in [2.05, 4.69) is 20.0 Å². The van der Waals surface area contributed by atoms with E-state index in [0.29, 0.717) is 5.92 Å². The summed E-state index contributed by atoms with van der Waals surface area (Å²) in [6.45, 7) is 2.63. The molecule has 6 heteroatoms. The lowest BCUT2D eigenvalue weighted by Crippen LogP contribution is -2.35. The summed E-state index contributed by atoms with van der Waals surface area (Å²) in [4.78, 5) is 11.2. The van der Waals surface area contributed by atoms with E-state index in [4.69, 9.17) is 4.52 Å². The van der Waals surface area contributed by atoms with Gasteiger partial charge >= 0.3 is 0 Å². The van der Waals surface area contributed by atoms with Crippen molar-refractivity contribution in [1.29, 1.82) is 0 Å². The Balaban J connectivity index is 1.29. The normalized spacial score (nSPS) is 21.6. The molecule has 2 aliphatic rings. The average molecular weight is 342 g/mol. The maximum absolute atomic E-state index is 10.5. The second-order valence-corrected chi connectivity index (χ2v) is 7.34. The van der Waals surface area contributed by atoms with Gasteiger partial charge in [0.25, 0.3) is 0 Å². The Morgan fingerprint density at radius 1 is 1.16 bits per heavy atom. The predicted molar refractivity (Wildman–Crippen MR) is 92.7 cm³/mol. The third-order valence-electron chi connectivity index (χ3n) is 5.62. The standard InChI is InChI=1S/C19H26N4O2/c24-18(16-7-3-4-10-20-16)14-8-11-23(12-9-14)13-17-21-19(25-22-17)15-5-1-2-6-15/h3-4,7,10,14-15,18,24H,1-2,5-6,8-9,11-13H2. The van der Waals surface area contributed by atoms with Gasteiger partial charge < -0.3 is 9.63 Å². The fourth-order valence-corrected chi connectivity index (χ4v) is 4.09. The number of pyridine rings is 1. The van der Waals surface area contributed by atoms with Crippen molar-refractivity contribution in [2.45, 2.75) is 57.1 Å². The second-order valence-electron chi connectivity index (χ2n) is 7.34. The van der Waals surface area contributed by atoms with Gasteiger partial charge in [0.2, 0.25) is 5.89 Å². The van der Waals surface area contributed by atoms with Crippen LogP contribution in [0, 0.1) is 5.92 Å². The van der Waals surface area contributed by atoms with Crippen LogP contribution in [0.5, 0.6) is 0 Å². The van der Waals surface area contributed by atoms with Gasteiger partial charge in [0.1, 0.15) is 0 Å². The lowest BCUT2D eigenvalue weighted by atomic mass is 9.89. The van der Waals surface area contributed by atoms with E-state index in [1.165, 1.54) is 25.7 Å². The zero-order chi connectivity index (χ0) is 17.1. The minimum atomic E-state index is -0.470. The number of hydrogen-bond donors (Lipinski definition) is 1. The molecule has 0 spiro atoms. The number of aliphatic hydroxyl groups excluding tert-OH is 1. The van der Waals surface area contributed by atoms with Crippen LogP contribution in [0.4, 0.5) is 0 Å². The topological polar surface area (TPSA) is 75.3 Å². The van der Waals surface area contributed by atoms with Gasteiger partial charge in [-0.2, -0.15) is 4.98 Å². The molecule has 1 unspecified atom stereocenters. The third-order valence-corrected chi connectivity index (χ3v) is 5.62. The molecular formula is C19H26N4O2. The first-order chi connectivity index (χ1) is 12.3. The van der Waals surface area contributed by atoms with Crippen LogP contribution in [-0.4, -0.2) is 38.2 Å². The molecule has 25 heavy (non-hydrogen) atoms. The highest BCUT2D eigenvalue weighted by Crippen LogP contribution is 2.33. The Hall–Kier alpha value is -1.79. The summed E-state index contributed by atoms with van der Waals surface area (Å²) in [5.41, 5.74) is 0.778. The lowest BCUT2D eigenvalue weighted by molar-refractivity contribution is 0.0531. The molecule has 2 aromatic rings. The first-order valence-corrected chi connectivity index (χ1v) is 9.43. The molecular weight excluding hydrogens is 316 g/mol. The summed E-state index contributed by atoms with van der Waals surface area (Å²) in [6, 6.07) is 5.71. The summed E-state index contributed by atoms with van der Waals surface area (Å²) in [5.74, 6) is 2.37. The Morgan fingerprint density at radius 2 is 1.96 bits per heavy atom. The molecule has 4 rings (SSSR count). The number of rotatable bonds is 5. The Morgan fingerprint density at radius 3 is 2.68 bits per heavy atom. The maximum Gasteiger partial charge on any atom is 0.229 e. The van der Waals surface area contributed by atoms with Crippen LogP contribution in [0.3, 0.4) is 0 Å². The summed E-state index contributed by atoms with van der Waals surface area (Å²) in [7, 11) is 0. The largest absolute Gasteiger partial charge is 0.387 e. The Bertz CT molecular complexity index is 661. The smallest absolute Gasteiger partial charge is 0.229 e. The highest BCUT2D eigenvalue weighted by Gasteiger charge is 2.28. The summed E-state index contributed by atoms with van der Waals surface area (Å²) in [6.07, 6.45) is 8.10. The fourth-order valence-electron chi connectivity index (χ4n) is 4.09. The molecule has 0 bridgehead atoms. The van der Waals surface area contributed by atoms with E-state index in [-0.39, 0.29) is 5.92 Å². The van der Waals surface area contributed by atoms with Crippen molar-refractivity contribution in [2.24, 2.45) is 5.92 Å². The van der Waals surface area contributed by atoms with Crippen molar-refractivity contribution >= 4 is 0 Å². The minimum absolute atomic E-state index is 0.269. The van der Waals surface area contributed by atoms with Crippen molar-refractivity contribution in [1.82, 2.24) is 20.0 Å². The third kappa shape index (κ3) is 3.90. The number of aromatic nitrogens is 3. The van der Waals surface area contributed by atoms with Gasteiger partial charge in [0.05, 0.1) is 18.3 Å². The molecule has 1 N–H and O–H groups in total. The molecule has 2 fully saturated rings. The number of hydrogen-bond acceptors (Lipinski definition) is 6. The van der Waals surface area contributed by atoms with Gasteiger partial charge in [-0.1, -0.05) is 24.1 Å². The van der Waals surface area contributed by atoms with Gasteiger partial charge in [-0.25, -0.2) is 0 Å². The zero-order valence-electron chi connectivity index (χ0n) is 14.5. The first kappa shape index (κ1) is 16.7. The second kappa shape index (κ2) is 7.62. The van der Waals surface area contributed by atoms with Crippen LogP contribution in [0.1, 0.15) is 68.0 Å². The van der Waals surface area contributed by atoms with Crippen molar-refractivity contribution in [3.63, 3.8) is 0 Å². The number of aliphatic hydroxyl groups is 1. The van der Waals surface area contributed by atoms with Crippen LogP contribution < -0.4 is 0 Å². The van der Waals surface area contributed by atoms with Gasteiger partial charge in [0.15, 0.2) is 5.82 Å². The highest BCUT2D eigenvalue weighted by atomic mass is 16.5. The molecule has 1 saturated carbocycles. The van der Waals surface area contributed by atoms with Crippen molar-refractivity contribution in [2.75, 3.05) is 13.1 Å². The van der Waals surface area contributed by atoms with Gasteiger partial charge in [-0.3, -0.25) is 9.88 Å². The monoisotopic (exact) mass is 342 g/mol. The first-order valence-electron chi connectivity index (χ1n) is 9.43. The van der Waals surface area contributed by atoms with Gasteiger partial charge in [0, 0.05) is 12.1 Å². The van der Waals surface area contributed by atoms with Crippen molar-refractivity contribution in [3.05, 3.63) is 41.8 Å². The highest BCUT2D eigenvalue weighted by molar-refractivity contribution is 5.08. The number of nitrogens with zero attached hydrogens (tertiary/aromatic N) is 4. The molecule has 0 radical (unpaired) electrons. The van der Waals surface area contributed by atoms with Crippen molar-refractivity contribution in [3.8, 4) is 0 Å². The molecule has 2 aromatic heterocycles. The fraction of sp³-hybridized carbons (Fsp3) is 0.632. The molecule has 1 atom stereocenters. The van der Waals surface area contributed by atoms with E-state index in [9.17, 15) is 5.11 Å². The molecule has 134 valence electrons. The Labute approximate surface area is 148 Å². The van der Waals surface area contributed by atoms with Crippen LogP contribution in [0.25, 0.3) is 0 Å². The quantitative estimate of drug-likeness (QED) is 0.900. The summed E-state index contributed by atoms with van der Waals surface area (Å²) < 4.78 is 5.47. The molecule has 1 saturated heterocycles. The van der Waals surface area contributed by atoms with Crippen LogP contribution >= 0.6 is 0 Å². The number of likely N-dealkylation sites (tertiary alicyclic amines) is 1. The lowest BCUT2D eigenvalue weighted by Gasteiger charge is -2.33. The molecule has 0 aromatic carbocycles. The van der Waals surface area contributed by atoms with E-state index in [1.807, 2.05) is 18.2 Å². The molecule has 6 nitrogen and oxygen atoms in total. The van der Waals surface area contributed by atoms with E-state index >= 15 is 0 Å². The zero-order valence-corrected chi connectivity index (χ0v) is 14.5. The van der Waals surface area contributed by atoms with Crippen LogP contribution in [0.2, 0.25) is 0 Å². The van der Waals surface area contributed by atoms with E-state index < -0.39 is 6.10 Å². The molecule has 3 heterocycles. The van der Waals surface area contributed by atoms with Crippen molar-refractivity contribution < 1.29 is 9.63 Å². The Kier molecular flexibility index (Phi) is 5.08. The summed E-state index contributed by atoms with van der Waals surface area (Å²) in [5, 5.41) is 14.7. The summed E-state index contributed by atoms with van der Waals surface area (Å²) >= 11 is 0. The van der Waals surface area contributed by atoms with Crippen LogP contribution in [-0.2, 0) is 6.54 Å².